The normalized spacial score (nSPS) is 14.9. The highest BCUT2D eigenvalue weighted by atomic mass is 79.9. The molecule has 0 amide bonds. The summed E-state index contributed by atoms with van der Waals surface area (Å²) in [6, 6.07) is 9.17. The van der Waals surface area contributed by atoms with Crippen LogP contribution in [-0.2, 0) is 4.74 Å². The van der Waals surface area contributed by atoms with Gasteiger partial charge in [0.25, 0.3) is 0 Å². The average Bonchev–Trinajstić information content (AvgIpc) is 2.29. The first-order valence-electron chi connectivity index (χ1n) is 6.05. The number of ether oxygens (including phenoxy) is 1. The summed E-state index contributed by atoms with van der Waals surface area (Å²) < 4.78 is 6.37. The topological polar surface area (TPSA) is 21.3 Å². The van der Waals surface area contributed by atoms with Crippen LogP contribution in [-0.4, -0.2) is 19.8 Å². The number of benzene rings is 1. The van der Waals surface area contributed by atoms with Crippen LogP contribution in [0.5, 0.6) is 0 Å². The van der Waals surface area contributed by atoms with Crippen LogP contribution in [0.3, 0.4) is 0 Å². The van der Waals surface area contributed by atoms with E-state index in [1.54, 1.807) is 7.11 Å². The quantitative estimate of drug-likeness (QED) is 0.863. The maximum Gasteiger partial charge on any atom is 0.0618 e. The number of halogens is 1. The fourth-order valence-electron chi connectivity index (χ4n) is 1.78. The molecule has 0 saturated carbocycles. The van der Waals surface area contributed by atoms with Crippen LogP contribution in [0.1, 0.15) is 32.4 Å². The van der Waals surface area contributed by atoms with E-state index in [0.717, 1.165) is 11.1 Å². The van der Waals surface area contributed by atoms with Crippen LogP contribution in [0, 0.1) is 5.92 Å². The van der Waals surface area contributed by atoms with Crippen LogP contribution in [0.15, 0.2) is 28.7 Å². The predicted octanol–water partition coefficient (Wildman–Crippen LogP) is 3.77. The molecule has 0 bridgehead atoms. The highest BCUT2D eigenvalue weighted by molar-refractivity contribution is 9.10. The molecule has 1 aromatic carbocycles. The van der Waals surface area contributed by atoms with E-state index >= 15 is 0 Å². The number of nitrogens with one attached hydrogen (secondary N) is 1. The molecule has 3 heteroatoms. The minimum Gasteiger partial charge on any atom is -0.383 e. The zero-order valence-electron chi connectivity index (χ0n) is 11.0. The number of hydrogen-bond acceptors (Lipinski definition) is 2. The Morgan fingerprint density at radius 1 is 1.18 bits per heavy atom. The molecule has 0 aliphatic carbocycles. The Kier molecular flexibility index (Phi) is 6.17. The summed E-state index contributed by atoms with van der Waals surface area (Å²) in [6.07, 6.45) is 0. The van der Waals surface area contributed by atoms with E-state index in [4.69, 9.17) is 4.74 Å². The van der Waals surface area contributed by atoms with Crippen LogP contribution >= 0.6 is 15.9 Å². The monoisotopic (exact) mass is 299 g/mol. The van der Waals surface area contributed by atoms with Crippen molar-refractivity contribution in [2.24, 2.45) is 5.92 Å². The largest absolute Gasteiger partial charge is 0.383 e. The third-order valence-electron chi connectivity index (χ3n) is 2.99. The molecule has 1 unspecified atom stereocenters. The molecule has 0 aliphatic rings. The molecule has 0 fully saturated rings. The second kappa shape index (κ2) is 7.14. The lowest BCUT2D eigenvalue weighted by Gasteiger charge is -2.26. The van der Waals surface area contributed by atoms with Gasteiger partial charge in [-0.1, -0.05) is 41.9 Å². The molecule has 1 rings (SSSR count). The van der Waals surface area contributed by atoms with Crippen molar-refractivity contribution in [1.29, 1.82) is 0 Å². The van der Waals surface area contributed by atoms with Gasteiger partial charge in [0, 0.05) is 23.7 Å². The van der Waals surface area contributed by atoms with Crippen molar-refractivity contribution in [2.75, 3.05) is 13.7 Å². The van der Waals surface area contributed by atoms with Gasteiger partial charge in [-0.25, -0.2) is 0 Å². The molecule has 2 nitrogen and oxygen atoms in total. The first kappa shape index (κ1) is 14.7. The van der Waals surface area contributed by atoms with Gasteiger partial charge < -0.3 is 10.1 Å². The fourth-order valence-corrected chi connectivity index (χ4v) is 2.05. The molecule has 17 heavy (non-hydrogen) atoms. The van der Waals surface area contributed by atoms with Gasteiger partial charge in [0.05, 0.1) is 6.61 Å². The van der Waals surface area contributed by atoms with E-state index in [1.165, 1.54) is 5.56 Å². The van der Waals surface area contributed by atoms with Crippen molar-refractivity contribution >= 4 is 15.9 Å². The Hall–Kier alpha value is -0.380. The Morgan fingerprint density at radius 2 is 1.76 bits per heavy atom. The standard InChI is InChI=1S/C14H22BrNO/c1-10(2)14(9-17-4)16-11(3)12-5-7-13(15)8-6-12/h5-8,10-11,14,16H,9H2,1-4H3/t11-,14?/m1/s1. The van der Waals surface area contributed by atoms with Gasteiger partial charge in [0.1, 0.15) is 0 Å². The van der Waals surface area contributed by atoms with Crippen molar-refractivity contribution in [3.8, 4) is 0 Å². The Bertz CT molecular complexity index is 323. The SMILES string of the molecule is COCC(N[C@H](C)c1ccc(Br)cc1)C(C)C. The summed E-state index contributed by atoms with van der Waals surface area (Å²) >= 11 is 3.45. The zero-order chi connectivity index (χ0) is 12.8. The highest BCUT2D eigenvalue weighted by Gasteiger charge is 2.16. The molecule has 0 aromatic heterocycles. The molecule has 1 N–H and O–H groups in total. The zero-order valence-corrected chi connectivity index (χ0v) is 12.6. The Balaban J connectivity index is 2.63. The minimum absolute atomic E-state index is 0.339. The molecule has 0 spiro atoms. The minimum atomic E-state index is 0.339. The number of rotatable bonds is 6. The summed E-state index contributed by atoms with van der Waals surface area (Å²) in [4.78, 5) is 0. The Labute approximate surface area is 113 Å². The average molecular weight is 300 g/mol. The van der Waals surface area contributed by atoms with Gasteiger partial charge in [-0.05, 0) is 30.5 Å². The van der Waals surface area contributed by atoms with E-state index in [1.807, 2.05) is 0 Å². The summed E-state index contributed by atoms with van der Waals surface area (Å²) in [6.45, 7) is 7.36. The van der Waals surface area contributed by atoms with Crippen molar-refractivity contribution in [3.63, 3.8) is 0 Å². The second-order valence-corrected chi connectivity index (χ2v) is 5.66. The maximum atomic E-state index is 5.25. The van der Waals surface area contributed by atoms with E-state index < -0.39 is 0 Å². The van der Waals surface area contributed by atoms with Crippen molar-refractivity contribution in [3.05, 3.63) is 34.3 Å². The van der Waals surface area contributed by atoms with E-state index in [0.29, 0.717) is 18.0 Å². The number of methoxy groups -OCH3 is 1. The van der Waals surface area contributed by atoms with Gasteiger partial charge in [-0.2, -0.15) is 0 Å². The van der Waals surface area contributed by atoms with E-state index in [-0.39, 0.29) is 0 Å². The van der Waals surface area contributed by atoms with Crippen LogP contribution in [0.2, 0.25) is 0 Å². The summed E-state index contributed by atoms with van der Waals surface area (Å²) in [5.74, 6) is 0.563. The van der Waals surface area contributed by atoms with E-state index in [2.05, 4.69) is 66.3 Å². The molecule has 0 radical (unpaired) electrons. The van der Waals surface area contributed by atoms with E-state index in [9.17, 15) is 0 Å². The molecule has 0 heterocycles. The lowest BCUT2D eigenvalue weighted by molar-refractivity contribution is 0.141. The molecular weight excluding hydrogens is 278 g/mol. The van der Waals surface area contributed by atoms with Gasteiger partial charge in [-0.3, -0.25) is 0 Å². The van der Waals surface area contributed by atoms with Crippen LogP contribution in [0.4, 0.5) is 0 Å². The maximum absolute atomic E-state index is 5.25. The Morgan fingerprint density at radius 3 is 2.24 bits per heavy atom. The lowest BCUT2D eigenvalue weighted by Crippen LogP contribution is -2.39. The smallest absolute Gasteiger partial charge is 0.0618 e. The third kappa shape index (κ3) is 4.78. The molecule has 2 atom stereocenters. The van der Waals surface area contributed by atoms with Gasteiger partial charge >= 0.3 is 0 Å². The molecule has 0 saturated heterocycles. The molecule has 1 aromatic rings. The summed E-state index contributed by atoms with van der Waals surface area (Å²) in [5.41, 5.74) is 1.30. The first-order valence-corrected chi connectivity index (χ1v) is 6.84. The summed E-state index contributed by atoms with van der Waals surface area (Å²) in [5, 5.41) is 3.61. The summed E-state index contributed by atoms with van der Waals surface area (Å²) in [7, 11) is 1.75. The first-order chi connectivity index (χ1) is 8.04. The van der Waals surface area contributed by atoms with Crippen LogP contribution < -0.4 is 5.32 Å². The van der Waals surface area contributed by atoms with Gasteiger partial charge in [0.2, 0.25) is 0 Å². The fraction of sp³-hybridized carbons (Fsp3) is 0.571. The molecule has 0 aliphatic heterocycles. The highest BCUT2D eigenvalue weighted by Crippen LogP contribution is 2.18. The van der Waals surface area contributed by atoms with Crippen molar-refractivity contribution in [2.45, 2.75) is 32.9 Å². The van der Waals surface area contributed by atoms with Crippen molar-refractivity contribution in [1.82, 2.24) is 5.32 Å². The predicted molar refractivity (Wildman–Crippen MR) is 76.2 cm³/mol. The van der Waals surface area contributed by atoms with Crippen LogP contribution in [0.25, 0.3) is 0 Å². The second-order valence-electron chi connectivity index (χ2n) is 4.75. The lowest BCUT2D eigenvalue weighted by atomic mass is 10.0. The van der Waals surface area contributed by atoms with Gasteiger partial charge in [-0.15, -0.1) is 0 Å². The molecule has 96 valence electrons. The van der Waals surface area contributed by atoms with Gasteiger partial charge in [0.15, 0.2) is 0 Å². The third-order valence-corrected chi connectivity index (χ3v) is 3.51. The van der Waals surface area contributed by atoms with Crippen molar-refractivity contribution < 1.29 is 4.74 Å². The number of hydrogen-bond donors (Lipinski definition) is 1. The molecular formula is C14H22BrNO.